The minimum Gasteiger partial charge on any atom is -0.389 e. The Kier molecular flexibility index (Phi) is 5.71. The van der Waals surface area contributed by atoms with Crippen molar-refractivity contribution in [3.63, 3.8) is 0 Å². The number of aromatic nitrogens is 3. The van der Waals surface area contributed by atoms with Gasteiger partial charge in [-0.05, 0) is 42.7 Å². The van der Waals surface area contributed by atoms with E-state index in [1.165, 1.54) is 0 Å². The van der Waals surface area contributed by atoms with Crippen LogP contribution < -0.4 is 10.2 Å². The van der Waals surface area contributed by atoms with Crippen LogP contribution >= 0.6 is 23.2 Å². The summed E-state index contributed by atoms with van der Waals surface area (Å²) in [6, 6.07) is 10.6. The lowest BCUT2D eigenvalue weighted by Gasteiger charge is -2.36. The molecule has 2 fully saturated rings. The average Bonchev–Trinajstić information content (AvgIpc) is 3.57. The molecule has 1 aliphatic heterocycles. The van der Waals surface area contributed by atoms with Crippen LogP contribution in [0.15, 0.2) is 42.6 Å². The van der Waals surface area contributed by atoms with Crippen LogP contribution in [-0.4, -0.2) is 45.0 Å². The van der Waals surface area contributed by atoms with Gasteiger partial charge in [0.25, 0.3) is 0 Å². The van der Waals surface area contributed by atoms with Crippen molar-refractivity contribution in [1.82, 2.24) is 15.0 Å². The highest BCUT2D eigenvalue weighted by Gasteiger charge is 2.30. The second kappa shape index (κ2) is 8.65. The normalized spacial score (nSPS) is 16.0. The number of hydrogen-bond acceptors (Lipinski definition) is 7. The predicted molar refractivity (Wildman–Crippen MR) is 124 cm³/mol. The van der Waals surface area contributed by atoms with Crippen molar-refractivity contribution in [1.29, 1.82) is 0 Å². The third-order valence-electron chi connectivity index (χ3n) is 5.56. The van der Waals surface area contributed by atoms with E-state index in [-0.39, 0.29) is 18.3 Å². The smallest absolute Gasteiger partial charge is 0.227 e. The van der Waals surface area contributed by atoms with Gasteiger partial charge in [-0.3, -0.25) is 4.79 Å². The van der Waals surface area contributed by atoms with E-state index >= 15 is 0 Å². The molecule has 0 amide bonds. The first-order valence-corrected chi connectivity index (χ1v) is 11.2. The number of β-amino-alcohol motifs (C(OH)–C–C–N with tert-alkyl or cyclic N) is 1. The zero-order valence-electron chi connectivity index (χ0n) is 17.1. The Morgan fingerprint density at radius 1 is 1.09 bits per heavy atom. The van der Waals surface area contributed by atoms with Gasteiger partial charge in [-0.2, -0.15) is 4.98 Å². The van der Waals surface area contributed by atoms with Gasteiger partial charge in [0.1, 0.15) is 11.6 Å². The van der Waals surface area contributed by atoms with Crippen LogP contribution in [0.3, 0.4) is 0 Å². The first kappa shape index (κ1) is 21.1. The molecule has 0 bridgehead atoms. The van der Waals surface area contributed by atoms with E-state index in [1.807, 2.05) is 17.0 Å². The number of ketones is 1. The van der Waals surface area contributed by atoms with Gasteiger partial charge in [-0.1, -0.05) is 29.3 Å². The van der Waals surface area contributed by atoms with Gasteiger partial charge in [0.2, 0.25) is 5.95 Å². The molecule has 5 rings (SSSR count). The standard InChI is InChI=1S/C23H21Cl2N5O2/c24-16-2-1-3-17(25)22(16)19(32)8-13-6-7-26-20(9-13)28-21-10-18(14-4-5-14)27-23(29-21)30-11-15(31)12-30/h1-3,6-7,9-10,14-15,31H,4-5,8,11-12H2,(H,26,27,28,29). The molecule has 7 nitrogen and oxygen atoms in total. The molecule has 0 spiro atoms. The molecular formula is C23H21Cl2N5O2. The lowest BCUT2D eigenvalue weighted by Crippen LogP contribution is -2.51. The molecule has 2 aliphatic rings. The van der Waals surface area contributed by atoms with Crippen LogP contribution in [-0.2, 0) is 6.42 Å². The van der Waals surface area contributed by atoms with E-state index in [0.29, 0.717) is 52.2 Å². The second-order valence-corrected chi connectivity index (χ2v) is 9.00. The van der Waals surface area contributed by atoms with Crippen molar-refractivity contribution < 1.29 is 9.90 Å². The molecule has 3 heterocycles. The van der Waals surface area contributed by atoms with Crippen LogP contribution in [0.5, 0.6) is 0 Å². The summed E-state index contributed by atoms with van der Waals surface area (Å²) in [7, 11) is 0. The fraction of sp³-hybridized carbons (Fsp3) is 0.304. The molecule has 164 valence electrons. The summed E-state index contributed by atoms with van der Waals surface area (Å²) in [5, 5.41) is 13.6. The molecule has 32 heavy (non-hydrogen) atoms. The molecule has 2 aromatic heterocycles. The Morgan fingerprint density at radius 3 is 2.53 bits per heavy atom. The van der Waals surface area contributed by atoms with Gasteiger partial charge < -0.3 is 15.3 Å². The van der Waals surface area contributed by atoms with E-state index in [9.17, 15) is 9.90 Å². The molecule has 3 aromatic rings. The maximum atomic E-state index is 12.8. The Hall–Kier alpha value is -2.74. The minimum absolute atomic E-state index is 0.147. The second-order valence-electron chi connectivity index (χ2n) is 8.18. The van der Waals surface area contributed by atoms with Crippen LogP contribution in [0.2, 0.25) is 10.0 Å². The summed E-state index contributed by atoms with van der Waals surface area (Å²) >= 11 is 12.4. The van der Waals surface area contributed by atoms with Crippen molar-refractivity contribution in [2.24, 2.45) is 0 Å². The van der Waals surface area contributed by atoms with E-state index in [2.05, 4.69) is 20.3 Å². The number of aliphatic hydroxyl groups excluding tert-OH is 1. The lowest BCUT2D eigenvalue weighted by atomic mass is 10.0. The molecule has 0 atom stereocenters. The molecule has 2 N–H and O–H groups in total. The molecule has 0 unspecified atom stereocenters. The summed E-state index contributed by atoms with van der Waals surface area (Å²) < 4.78 is 0. The zero-order chi connectivity index (χ0) is 22.2. The SMILES string of the molecule is O=C(Cc1ccnc(Nc2cc(C3CC3)nc(N3CC(O)C3)n2)c1)c1c(Cl)cccc1Cl. The molecule has 0 radical (unpaired) electrons. The molecule has 1 saturated heterocycles. The van der Waals surface area contributed by atoms with Gasteiger partial charge in [-0.25, -0.2) is 9.97 Å². The summed E-state index contributed by atoms with van der Waals surface area (Å²) in [6.07, 6.45) is 3.71. The van der Waals surface area contributed by atoms with Crippen LogP contribution in [0.25, 0.3) is 0 Å². The highest BCUT2D eigenvalue weighted by molar-refractivity contribution is 6.39. The summed E-state index contributed by atoms with van der Waals surface area (Å²) in [4.78, 5) is 28.4. The maximum absolute atomic E-state index is 12.8. The number of carbonyl (C=O) groups is 1. The number of halogens is 2. The number of pyridine rings is 1. The summed E-state index contributed by atoms with van der Waals surface area (Å²) in [5.74, 6) is 2.14. The molecule has 1 saturated carbocycles. The van der Waals surface area contributed by atoms with Gasteiger partial charge >= 0.3 is 0 Å². The Morgan fingerprint density at radius 2 is 1.84 bits per heavy atom. The highest BCUT2D eigenvalue weighted by atomic mass is 35.5. The monoisotopic (exact) mass is 469 g/mol. The van der Waals surface area contributed by atoms with E-state index < -0.39 is 0 Å². The molecule has 1 aromatic carbocycles. The number of aliphatic hydroxyl groups is 1. The Labute approximate surface area is 195 Å². The number of Topliss-reactive ketones (excluding diaryl/α,β-unsaturated/α-hetero) is 1. The van der Waals surface area contributed by atoms with Crippen LogP contribution in [0, 0.1) is 0 Å². The van der Waals surface area contributed by atoms with Crippen LogP contribution in [0.4, 0.5) is 17.6 Å². The van der Waals surface area contributed by atoms with E-state index in [0.717, 1.165) is 24.1 Å². The largest absolute Gasteiger partial charge is 0.389 e. The van der Waals surface area contributed by atoms with Gasteiger partial charge in [-0.15, -0.1) is 0 Å². The quantitative estimate of drug-likeness (QED) is 0.495. The maximum Gasteiger partial charge on any atom is 0.227 e. The van der Waals surface area contributed by atoms with Gasteiger partial charge in [0, 0.05) is 37.7 Å². The number of carbonyl (C=O) groups excluding carboxylic acids is 1. The average molecular weight is 470 g/mol. The molecular weight excluding hydrogens is 449 g/mol. The number of rotatable bonds is 7. The molecule has 9 heteroatoms. The fourth-order valence-electron chi connectivity index (χ4n) is 3.69. The van der Waals surface area contributed by atoms with Gasteiger partial charge in [0.15, 0.2) is 5.78 Å². The van der Waals surface area contributed by atoms with Crippen molar-refractivity contribution in [3.05, 3.63) is 69.5 Å². The van der Waals surface area contributed by atoms with Crippen LogP contribution in [0.1, 0.15) is 40.4 Å². The number of nitrogens with one attached hydrogen (secondary N) is 1. The number of benzene rings is 1. The van der Waals surface area contributed by atoms with Gasteiger partial charge in [0.05, 0.1) is 27.4 Å². The Bertz CT molecular complexity index is 1160. The first-order chi connectivity index (χ1) is 15.5. The molecule has 1 aliphatic carbocycles. The van der Waals surface area contributed by atoms with Crippen molar-refractivity contribution in [3.8, 4) is 0 Å². The fourth-order valence-corrected chi connectivity index (χ4v) is 4.30. The number of hydrogen-bond donors (Lipinski definition) is 2. The number of anilines is 3. The summed E-state index contributed by atoms with van der Waals surface area (Å²) in [5.41, 5.74) is 2.11. The van der Waals surface area contributed by atoms with E-state index in [4.69, 9.17) is 23.2 Å². The Balaban J connectivity index is 1.35. The zero-order valence-corrected chi connectivity index (χ0v) is 18.6. The highest BCUT2D eigenvalue weighted by Crippen LogP contribution is 2.40. The lowest BCUT2D eigenvalue weighted by molar-refractivity contribution is 0.0993. The topological polar surface area (TPSA) is 91.2 Å². The van der Waals surface area contributed by atoms with Crippen molar-refractivity contribution >= 4 is 46.6 Å². The number of nitrogens with zero attached hydrogens (tertiary/aromatic N) is 4. The van der Waals surface area contributed by atoms with Crippen molar-refractivity contribution in [2.45, 2.75) is 31.3 Å². The van der Waals surface area contributed by atoms with Crippen molar-refractivity contribution in [2.75, 3.05) is 23.3 Å². The summed E-state index contributed by atoms with van der Waals surface area (Å²) in [6.45, 7) is 1.07. The predicted octanol–water partition coefficient (Wildman–Crippen LogP) is 4.41. The minimum atomic E-state index is -0.331. The first-order valence-electron chi connectivity index (χ1n) is 10.5. The third-order valence-corrected chi connectivity index (χ3v) is 6.19. The third kappa shape index (κ3) is 4.55. The van der Waals surface area contributed by atoms with E-state index in [1.54, 1.807) is 30.5 Å².